The first-order valence-electron chi connectivity index (χ1n) is 8.24. The van der Waals surface area contributed by atoms with Crippen LogP contribution < -0.4 is 4.90 Å². The van der Waals surface area contributed by atoms with Crippen LogP contribution in [0.2, 0.25) is 5.15 Å². The maximum Gasteiger partial charge on any atom is 0.320 e. The maximum absolute atomic E-state index is 12.5. The van der Waals surface area contributed by atoms with Crippen LogP contribution in [0.4, 0.5) is 10.6 Å². The summed E-state index contributed by atoms with van der Waals surface area (Å²) < 4.78 is 0. The average molecular weight is 349 g/mol. The highest BCUT2D eigenvalue weighted by Gasteiger charge is 2.37. The van der Waals surface area contributed by atoms with E-state index in [4.69, 9.17) is 16.9 Å². The predicted octanol–water partition coefficient (Wildman–Crippen LogP) is 2.12. The molecule has 1 aromatic rings. The van der Waals surface area contributed by atoms with Gasteiger partial charge in [0, 0.05) is 32.7 Å². The van der Waals surface area contributed by atoms with Crippen molar-refractivity contribution in [2.24, 2.45) is 0 Å². The van der Waals surface area contributed by atoms with Crippen molar-refractivity contribution in [3.8, 4) is 6.07 Å². The predicted molar refractivity (Wildman–Crippen MR) is 90.9 cm³/mol. The molecule has 2 aliphatic rings. The molecular weight excluding hydrogens is 328 g/mol. The fourth-order valence-electron chi connectivity index (χ4n) is 3.63. The van der Waals surface area contributed by atoms with Gasteiger partial charge in [-0.15, -0.1) is 0 Å². The molecule has 0 spiro atoms. The van der Waals surface area contributed by atoms with Crippen molar-refractivity contribution in [2.75, 3.05) is 31.6 Å². The van der Waals surface area contributed by atoms with Crippen molar-refractivity contribution in [3.63, 3.8) is 0 Å². The number of hydrogen-bond acceptors (Lipinski definition) is 5. The number of nitrogens with zero attached hydrogens (tertiary/aromatic N) is 6. The van der Waals surface area contributed by atoms with Crippen LogP contribution in [0, 0.1) is 11.3 Å². The van der Waals surface area contributed by atoms with E-state index in [1.165, 1.54) is 0 Å². The highest BCUT2D eigenvalue weighted by atomic mass is 35.5. The Morgan fingerprint density at radius 2 is 2.04 bits per heavy atom. The van der Waals surface area contributed by atoms with Crippen LogP contribution in [0.1, 0.15) is 31.9 Å². The Morgan fingerprint density at radius 1 is 1.29 bits per heavy atom. The minimum absolute atomic E-state index is 0.101. The molecule has 0 saturated carbocycles. The van der Waals surface area contributed by atoms with E-state index in [1.54, 1.807) is 11.1 Å². The van der Waals surface area contributed by atoms with Gasteiger partial charge in [-0.1, -0.05) is 11.6 Å². The smallest absolute Gasteiger partial charge is 0.320 e. The molecule has 0 N–H and O–H groups in total. The van der Waals surface area contributed by atoms with E-state index in [1.807, 2.05) is 18.0 Å². The number of nitriles is 1. The third-order valence-corrected chi connectivity index (χ3v) is 5.19. The number of amides is 2. The summed E-state index contributed by atoms with van der Waals surface area (Å²) >= 11 is 6.03. The van der Waals surface area contributed by atoms with E-state index in [0.29, 0.717) is 5.82 Å². The average Bonchev–Trinajstić information content (AvgIpc) is 2.58. The number of halogens is 1. The van der Waals surface area contributed by atoms with Crippen molar-refractivity contribution in [2.45, 2.75) is 38.3 Å². The zero-order chi connectivity index (χ0) is 17.3. The van der Waals surface area contributed by atoms with Gasteiger partial charge in [0.05, 0.1) is 12.2 Å². The third kappa shape index (κ3) is 2.98. The van der Waals surface area contributed by atoms with Crippen LogP contribution in [0.15, 0.2) is 6.20 Å². The number of carbonyl (C=O) groups is 1. The van der Waals surface area contributed by atoms with Gasteiger partial charge in [-0.25, -0.2) is 14.8 Å². The van der Waals surface area contributed by atoms with Gasteiger partial charge in [0.15, 0.2) is 10.8 Å². The standard InChI is InChI=1S/C16H21ClN6O/c1-11-13(23-8-4-6-21(2)16(23)24)5-3-7-22(11)14-10-19-12(9-18)15(17)20-14/h10-11,13H,3-8H2,1-2H3/t11-,13-/m1/s1. The summed E-state index contributed by atoms with van der Waals surface area (Å²) in [5.74, 6) is 0.661. The monoisotopic (exact) mass is 348 g/mol. The molecule has 0 unspecified atom stereocenters. The summed E-state index contributed by atoms with van der Waals surface area (Å²) in [6.45, 7) is 4.56. The molecule has 0 aliphatic carbocycles. The zero-order valence-electron chi connectivity index (χ0n) is 13.9. The lowest BCUT2D eigenvalue weighted by molar-refractivity contribution is 0.101. The molecule has 8 heteroatoms. The van der Waals surface area contributed by atoms with Gasteiger partial charge in [-0.2, -0.15) is 5.26 Å². The topological polar surface area (TPSA) is 76.4 Å². The highest BCUT2D eigenvalue weighted by Crippen LogP contribution is 2.29. The molecule has 1 aromatic heterocycles. The molecule has 2 saturated heterocycles. The van der Waals surface area contributed by atoms with Gasteiger partial charge in [0.1, 0.15) is 11.9 Å². The lowest BCUT2D eigenvalue weighted by atomic mass is 9.95. The molecule has 0 radical (unpaired) electrons. The molecular formula is C16H21ClN6O. The fraction of sp³-hybridized carbons (Fsp3) is 0.625. The van der Waals surface area contributed by atoms with Gasteiger partial charge in [-0.05, 0) is 26.2 Å². The lowest BCUT2D eigenvalue weighted by Crippen LogP contribution is -2.60. The summed E-state index contributed by atoms with van der Waals surface area (Å²) in [6.07, 6.45) is 4.54. The lowest BCUT2D eigenvalue weighted by Gasteiger charge is -2.47. The van der Waals surface area contributed by atoms with Crippen LogP contribution in [0.5, 0.6) is 0 Å². The van der Waals surface area contributed by atoms with Crippen LogP contribution in [-0.2, 0) is 0 Å². The number of anilines is 1. The molecule has 2 amide bonds. The SMILES string of the molecule is C[C@@H]1[C@H](N2CCCN(C)C2=O)CCCN1c1cnc(C#N)c(Cl)n1. The molecule has 0 bridgehead atoms. The molecule has 7 nitrogen and oxygen atoms in total. The Hall–Kier alpha value is -2.07. The first-order valence-corrected chi connectivity index (χ1v) is 8.61. The minimum Gasteiger partial charge on any atom is -0.351 e. The normalized spacial score (nSPS) is 24.9. The largest absolute Gasteiger partial charge is 0.351 e. The molecule has 128 valence electrons. The van der Waals surface area contributed by atoms with Crippen molar-refractivity contribution in [1.29, 1.82) is 5.26 Å². The Balaban J connectivity index is 1.82. The van der Waals surface area contributed by atoms with E-state index in [9.17, 15) is 4.79 Å². The molecule has 3 rings (SSSR count). The summed E-state index contributed by atoms with van der Waals surface area (Å²) in [5.41, 5.74) is 0.134. The number of piperidine rings is 1. The maximum atomic E-state index is 12.5. The molecule has 2 aliphatic heterocycles. The number of rotatable bonds is 2. The van der Waals surface area contributed by atoms with Crippen LogP contribution >= 0.6 is 11.6 Å². The van der Waals surface area contributed by atoms with E-state index in [-0.39, 0.29) is 29.0 Å². The number of carbonyl (C=O) groups excluding carboxylic acids is 1. The second-order valence-electron chi connectivity index (χ2n) is 6.37. The van der Waals surface area contributed by atoms with Crippen molar-refractivity contribution in [3.05, 3.63) is 17.0 Å². The van der Waals surface area contributed by atoms with Crippen LogP contribution in [0.25, 0.3) is 0 Å². The second kappa shape index (κ2) is 6.81. The quantitative estimate of drug-likeness (QED) is 0.818. The van der Waals surface area contributed by atoms with Crippen molar-refractivity contribution in [1.82, 2.24) is 19.8 Å². The van der Waals surface area contributed by atoms with Crippen LogP contribution in [-0.4, -0.2) is 64.6 Å². The van der Waals surface area contributed by atoms with Crippen molar-refractivity contribution < 1.29 is 4.79 Å². The molecule has 2 atom stereocenters. The first-order chi connectivity index (χ1) is 11.5. The third-order valence-electron chi connectivity index (χ3n) is 4.93. The van der Waals surface area contributed by atoms with E-state index >= 15 is 0 Å². The molecule has 24 heavy (non-hydrogen) atoms. The van der Waals surface area contributed by atoms with Gasteiger partial charge in [0.25, 0.3) is 0 Å². The van der Waals surface area contributed by atoms with E-state index in [2.05, 4.69) is 21.8 Å². The number of aromatic nitrogens is 2. The molecule has 2 fully saturated rings. The van der Waals surface area contributed by atoms with Crippen molar-refractivity contribution >= 4 is 23.4 Å². The summed E-state index contributed by atoms with van der Waals surface area (Å²) in [5, 5.41) is 9.06. The van der Waals surface area contributed by atoms with E-state index < -0.39 is 0 Å². The Morgan fingerprint density at radius 3 is 2.75 bits per heavy atom. The summed E-state index contributed by atoms with van der Waals surface area (Å²) in [4.78, 5) is 26.8. The van der Waals surface area contributed by atoms with Gasteiger partial charge in [0.2, 0.25) is 0 Å². The number of urea groups is 1. The molecule has 3 heterocycles. The molecule has 0 aromatic carbocycles. The summed E-state index contributed by atoms with van der Waals surface area (Å²) in [6, 6.07) is 2.29. The van der Waals surface area contributed by atoms with E-state index in [0.717, 1.165) is 38.9 Å². The Labute approximate surface area is 146 Å². The minimum atomic E-state index is 0.101. The van der Waals surface area contributed by atoms with Gasteiger partial charge in [-0.3, -0.25) is 0 Å². The second-order valence-corrected chi connectivity index (χ2v) is 6.73. The van der Waals surface area contributed by atoms with Gasteiger partial charge >= 0.3 is 6.03 Å². The fourth-order valence-corrected chi connectivity index (χ4v) is 3.81. The van der Waals surface area contributed by atoms with Gasteiger partial charge < -0.3 is 14.7 Å². The first kappa shape index (κ1) is 16.8. The highest BCUT2D eigenvalue weighted by molar-refractivity contribution is 6.30. The number of hydrogen-bond donors (Lipinski definition) is 0. The summed E-state index contributed by atoms with van der Waals surface area (Å²) in [7, 11) is 1.85. The zero-order valence-corrected chi connectivity index (χ0v) is 14.7. The Bertz CT molecular complexity index is 675. The Kier molecular flexibility index (Phi) is 4.76. The van der Waals surface area contributed by atoms with Crippen LogP contribution in [0.3, 0.4) is 0 Å².